The highest BCUT2D eigenvalue weighted by atomic mass is 16.2. The third-order valence-corrected chi connectivity index (χ3v) is 3.55. The summed E-state index contributed by atoms with van der Waals surface area (Å²) in [5, 5.41) is 2.55. The molecule has 1 heterocycles. The van der Waals surface area contributed by atoms with Gasteiger partial charge in [-0.25, -0.2) is 4.79 Å². The lowest BCUT2D eigenvalue weighted by Gasteiger charge is -2.23. The Morgan fingerprint density at radius 1 is 1.14 bits per heavy atom. The molecule has 1 N–H and O–H groups in total. The van der Waals surface area contributed by atoms with E-state index in [0.29, 0.717) is 32.6 Å². The topological polar surface area (TPSA) is 76.2 Å². The molecule has 22 heavy (non-hydrogen) atoms. The maximum absolute atomic E-state index is 12.1. The normalized spacial score (nSPS) is 15.8. The summed E-state index contributed by atoms with van der Waals surface area (Å²) in [6.45, 7) is 2.90. The molecule has 0 saturated carbocycles. The van der Waals surface area contributed by atoms with Crippen LogP contribution >= 0.6 is 0 Å². The molecule has 0 aromatic carbocycles. The third-order valence-electron chi connectivity index (χ3n) is 3.55. The minimum absolute atomic E-state index is 0.0388. The van der Waals surface area contributed by atoms with Crippen molar-refractivity contribution in [1.82, 2.24) is 24.9 Å². The number of hydrogen-bond donors (Lipinski definition) is 1. The Labute approximate surface area is 132 Å². The van der Waals surface area contributed by atoms with Gasteiger partial charge in [-0.3, -0.25) is 9.59 Å². The number of nitrogens with one attached hydrogen (secondary N) is 1. The average Bonchev–Trinajstić information content (AvgIpc) is 2.64. The van der Waals surface area contributed by atoms with Gasteiger partial charge in [-0.05, 0) is 14.1 Å². The van der Waals surface area contributed by atoms with Crippen LogP contribution in [0.15, 0.2) is 0 Å². The molecule has 0 atom stereocenters. The molecule has 0 bridgehead atoms. The lowest BCUT2D eigenvalue weighted by molar-refractivity contribution is -0.130. The highest BCUT2D eigenvalue weighted by molar-refractivity contribution is 5.85. The molecule has 0 radical (unpaired) electrons. The van der Waals surface area contributed by atoms with Crippen molar-refractivity contribution in [3.05, 3.63) is 0 Å². The largest absolute Gasteiger partial charge is 0.340 e. The molecule has 1 aliphatic heterocycles. The van der Waals surface area contributed by atoms with Gasteiger partial charge in [0.25, 0.3) is 0 Å². The second-order valence-electron chi connectivity index (χ2n) is 5.87. The Balaban J connectivity index is 2.45. The summed E-state index contributed by atoms with van der Waals surface area (Å²) in [4.78, 5) is 42.4. The average molecular weight is 313 g/mol. The minimum atomic E-state index is -0.299. The van der Waals surface area contributed by atoms with Gasteiger partial charge >= 0.3 is 6.03 Å². The molecular formula is C14H27N5O3. The van der Waals surface area contributed by atoms with Crippen LogP contribution in [0.1, 0.15) is 6.42 Å². The van der Waals surface area contributed by atoms with Crippen LogP contribution in [0.5, 0.6) is 0 Å². The number of hydrogen-bond acceptors (Lipinski definition) is 4. The molecule has 126 valence electrons. The predicted octanol–water partition coefficient (Wildman–Crippen LogP) is -1.12. The molecule has 0 unspecified atom stereocenters. The predicted molar refractivity (Wildman–Crippen MR) is 83.4 cm³/mol. The molecule has 1 rings (SSSR count). The summed E-state index contributed by atoms with van der Waals surface area (Å²) in [5.41, 5.74) is 0. The van der Waals surface area contributed by atoms with E-state index in [1.807, 2.05) is 19.0 Å². The fourth-order valence-corrected chi connectivity index (χ4v) is 2.09. The second-order valence-corrected chi connectivity index (χ2v) is 5.87. The number of urea groups is 1. The smallest absolute Gasteiger partial charge is 0.317 e. The zero-order chi connectivity index (χ0) is 16.7. The summed E-state index contributed by atoms with van der Waals surface area (Å²) in [6, 6.07) is -0.299. The van der Waals surface area contributed by atoms with Gasteiger partial charge in [0.05, 0.1) is 6.54 Å². The molecule has 1 aliphatic rings. The molecule has 0 aliphatic carbocycles. The standard InChI is InChI=1S/C14H27N5O3/c1-16(2)7-8-19-10-9-18(6-5-12(19)20)13(21)11-15-14(22)17(3)4/h5-11H2,1-4H3,(H,15,22). The molecule has 1 saturated heterocycles. The molecule has 1 fully saturated rings. The molecule has 4 amide bonds. The van der Waals surface area contributed by atoms with Gasteiger partial charge in [-0.1, -0.05) is 0 Å². The molecule has 8 nitrogen and oxygen atoms in total. The van der Waals surface area contributed by atoms with Gasteiger partial charge in [-0.15, -0.1) is 0 Å². The van der Waals surface area contributed by atoms with E-state index < -0.39 is 0 Å². The Hall–Kier alpha value is -1.83. The highest BCUT2D eigenvalue weighted by Gasteiger charge is 2.23. The molecular weight excluding hydrogens is 286 g/mol. The Kier molecular flexibility index (Phi) is 7.10. The Morgan fingerprint density at radius 2 is 1.82 bits per heavy atom. The van der Waals surface area contributed by atoms with Crippen molar-refractivity contribution in [3.8, 4) is 0 Å². The van der Waals surface area contributed by atoms with E-state index in [0.717, 1.165) is 6.54 Å². The zero-order valence-electron chi connectivity index (χ0n) is 14.0. The van der Waals surface area contributed by atoms with Crippen molar-refractivity contribution in [1.29, 1.82) is 0 Å². The van der Waals surface area contributed by atoms with Crippen LogP contribution in [-0.4, -0.2) is 105 Å². The third kappa shape index (κ3) is 5.88. The highest BCUT2D eigenvalue weighted by Crippen LogP contribution is 2.05. The van der Waals surface area contributed by atoms with Crippen LogP contribution in [0.3, 0.4) is 0 Å². The van der Waals surface area contributed by atoms with Crippen LogP contribution < -0.4 is 5.32 Å². The fourth-order valence-electron chi connectivity index (χ4n) is 2.09. The first-order valence-electron chi connectivity index (χ1n) is 7.46. The number of rotatable bonds is 5. The van der Waals surface area contributed by atoms with Crippen molar-refractivity contribution in [3.63, 3.8) is 0 Å². The summed E-state index contributed by atoms with van der Waals surface area (Å²) in [6.07, 6.45) is 0.334. The van der Waals surface area contributed by atoms with Crippen LogP contribution in [-0.2, 0) is 9.59 Å². The van der Waals surface area contributed by atoms with Gasteiger partial charge < -0.3 is 24.9 Å². The first kappa shape index (κ1) is 18.2. The minimum Gasteiger partial charge on any atom is -0.340 e. The van der Waals surface area contributed by atoms with E-state index in [-0.39, 0.29) is 24.4 Å². The van der Waals surface area contributed by atoms with E-state index in [1.165, 1.54) is 4.90 Å². The lowest BCUT2D eigenvalue weighted by Crippen LogP contribution is -2.44. The maximum Gasteiger partial charge on any atom is 0.317 e. The molecule has 0 aromatic rings. The van der Waals surface area contributed by atoms with Crippen molar-refractivity contribution in [2.45, 2.75) is 6.42 Å². The van der Waals surface area contributed by atoms with Crippen molar-refractivity contribution in [2.75, 3.05) is 67.5 Å². The Bertz CT molecular complexity index is 411. The van der Waals surface area contributed by atoms with Crippen LogP contribution in [0.4, 0.5) is 4.79 Å². The van der Waals surface area contributed by atoms with E-state index in [1.54, 1.807) is 23.9 Å². The fraction of sp³-hybridized carbons (Fsp3) is 0.786. The SMILES string of the molecule is CN(C)CCN1CCN(C(=O)CNC(=O)N(C)C)CCC1=O. The number of carbonyl (C=O) groups excluding carboxylic acids is 3. The number of likely N-dealkylation sites (N-methyl/N-ethyl adjacent to an activating group) is 1. The van der Waals surface area contributed by atoms with Crippen molar-refractivity contribution < 1.29 is 14.4 Å². The zero-order valence-corrected chi connectivity index (χ0v) is 14.0. The van der Waals surface area contributed by atoms with E-state index in [9.17, 15) is 14.4 Å². The van der Waals surface area contributed by atoms with Crippen LogP contribution in [0.2, 0.25) is 0 Å². The summed E-state index contributed by atoms with van der Waals surface area (Å²) < 4.78 is 0. The maximum atomic E-state index is 12.1. The van der Waals surface area contributed by atoms with E-state index in [4.69, 9.17) is 0 Å². The monoisotopic (exact) mass is 313 g/mol. The summed E-state index contributed by atoms with van der Waals surface area (Å²) >= 11 is 0. The van der Waals surface area contributed by atoms with Crippen LogP contribution in [0.25, 0.3) is 0 Å². The number of carbonyl (C=O) groups is 3. The number of nitrogens with zero attached hydrogens (tertiary/aromatic N) is 4. The van der Waals surface area contributed by atoms with Gasteiger partial charge in [0.15, 0.2) is 0 Å². The van der Waals surface area contributed by atoms with Gasteiger partial charge in [0, 0.05) is 53.2 Å². The lowest BCUT2D eigenvalue weighted by atomic mass is 10.3. The van der Waals surface area contributed by atoms with Crippen molar-refractivity contribution >= 4 is 17.8 Å². The van der Waals surface area contributed by atoms with Gasteiger partial charge in [0.1, 0.15) is 0 Å². The number of amides is 4. The molecule has 0 spiro atoms. The first-order chi connectivity index (χ1) is 10.3. The van der Waals surface area contributed by atoms with Crippen molar-refractivity contribution in [2.24, 2.45) is 0 Å². The molecule has 0 aromatic heterocycles. The van der Waals surface area contributed by atoms with E-state index in [2.05, 4.69) is 5.32 Å². The molecule has 8 heteroatoms. The summed E-state index contributed by atoms with van der Waals surface area (Å²) in [5.74, 6) is -0.0769. The quantitative estimate of drug-likeness (QED) is 0.698. The first-order valence-corrected chi connectivity index (χ1v) is 7.46. The Morgan fingerprint density at radius 3 is 2.41 bits per heavy atom. The van der Waals surface area contributed by atoms with Crippen LogP contribution in [0, 0.1) is 0 Å². The summed E-state index contributed by atoms with van der Waals surface area (Å²) in [7, 11) is 7.16. The van der Waals surface area contributed by atoms with Gasteiger partial charge in [-0.2, -0.15) is 0 Å². The van der Waals surface area contributed by atoms with E-state index >= 15 is 0 Å². The van der Waals surface area contributed by atoms with Gasteiger partial charge in [0.2, 0.25) is 11.8 Å². The second kappa shape index (κ2) is 8.57.